The van der Waals surface area contributed by atoms with Crippen molar-refractivity contribution in [3.05, 3.63) is 47.7 Å². The van der Waals surface area contributed by atoms with E-state index in [2.05, 4.69) is 35.0 Å². The first kappa shape index (κ1) is 20.8. The van der Waals surface area contributed by atoms with E-state index in [-0.39, 0.29) is 4.90 Å². The van der Waals surface area contributed by atoms with Crippen LogP contribution in [0.5, 0.6) is 0 Å². The molecule has 1 N–H and O–H groups in total. The molecular weight excluding hydrogens is 410 g/mol. The number of nitrogens with one attached hydrogen (secondary N) is 1. The summed E-state index contributed by atoms with van der Waals surface area (Å²) in [5.41, 5.74) is 1.58. The van der Waals surface area contributed by atoms with Gasteiger partial charge in [0, 0.05) is 31.2 Å². The van der Waals surface area contributed by atoms with Gasteiger partial charge in [0.05, 0.1) is 5.69 Å². The van der Waals surface area contributed by atoms with Gasteiger partial charge in [0.25, 0.3) is 15.2 Å². The number of hydrogen-bond donors (Lipinski definition) is 1. The first-order valence-corrected chi connectivity index (χ1v) is 11.3. The molecule has 0 fully saturated rings. The molecule has 2 aromatic heterocycles. The van der Waals surface area contributed by atoms with Gasteiger partial charge >= 0.3 is 0 Å². The molecule has 2 heterocycles. The highest BCUT2D eigenvalue weighted by atomic mass is 32.2. The summed E-state index contributed by atoms with van der Waals surface area (Å²) in [6.45, 7) is 7.47. The van der Waals surface area contributed by atoms with Crippen LogP contribution in [0.1, 0.15) is 18.9 Å². The molecule has 11 heteroatoms. The van der Waals surface area contributed by atoms with Crippen molar-refractivity contribution in [3.63, 3.8) is 0 Å². The van der Waals surface area contributed by atoms with Crippen LogP contribution >= 0.6 is 11.3 Å². The number of benzene rings is 1. The van der Waals surface area contributed by atoms with E-state index in [1.165, 1.54) is 29.8 Å². The van der Waals surface area contributed by atoms with Crippen LogP contribution in [-0.4, -0.2) is 36.7 Å². The SMILES string of the molecule is CCN(CC)c1ccc(N=Nc2nnc(C)s2)c(NS(=O)(=O)c2cccnc2)c1. The van der Waals surface area contributed by atoms with E-state index in [0.29, 0.717) is 16.5 Å². The van der Waals surface area contributed by atoms with Gasteiger partial charge in [-0.05, 0) is 51.1 Å². The van der Waals surface area contributed by atoms with Crippen molar-refractivity contribution >= 4 is 43.6 Å². The van der Waals surface area contributed by atoms with Gasteiger partial charge in [-0.2, -0.15) is 0 Å². The van der Waals surface area contributed by atoms with Crippen molar-refractivity contribution in [2.24, 2.45) is 10.2 Å². The van der Waals surface area contributed by atoms with Gasteiger partial charge in [0.15, 0.2) is 0 Å². The molecule has 0 unspecified atom stereocenters. The second kappa shape index (κ2) is 9.05. The number of pyridine rings is 1. The summed E-state index contributed by atoms with van der Waals surface area (Å²) in [6, 6.07) is 8.41. The Hall–Kier alpha value is -2.92. The molecular formula is C18H21N7O2S2. The fourth-order valence-corrected chi connectivity index (χ4v) is 4.15. The van der Waals surface area contributed by atoms with E-state index in [4.69, 9.17) is 0 Å². The standard InChI is InChI=1S/C18H21N7O2S2/c1-4-25(5-2)14-8-9-16(21-23-18-22-20-13(3)28-18)17(11-14)24-29(26,27)15-7-6-10-19-12-15/h6-12,24H,4-5H2,1-3H3. The summed E-state index contributed by atoms with van der Waals surface area (Å²) < 4.78 is 28.2. The van der Waals surface area contributed by atoms with Gasteiger partial charge in [-0.3, -0.25) is 9.71 Å². The molecule has 0 bridgehead atoms. The number of aromatic nitrogens is 3. The monoisotopic (exact) mass is 431 g/mol. The lowest BCUT2D eigenvalue weighted by molar-refractivity contribution is 0.601. The molecule has 0 saturated carbocycles. The zero-order chi connectivity index (χ0) is 20.9. The second-order valence-corrected chi connectivity index (χ2v) is 8.81. The second-order valence-electron chi connectivity index (χ2n) is 5.97. The predicted octanol–water partition coefficient (Wildman–Crippen LogP) is 4.30. The molecule has 0 spiro atoms. The maximum Gasteiger partial charge on any atom is 0.263 e. The highest BCUT2D eigenvalue weighted by molar-refractivity contribution is 7.92. The van der Waals surface area contributed by atoms with Crippen LogP contribution in [0.4, 0.5) is 22.2 Å². The molecule has 0 saturated heterocycles. The van der Waals surface area contributed by atoms with Gasteiger partial charge in [-0.25, -0.2) is 8.42 Å². The fraction of sp³-hybridized carbons (Fsp3) is 0.278. The zero-order valence-corrected chi connectivity index (χ0v) is 17.9. The van der Waals surface area contributed by atoms with Gasteiger partial charge in [0.1, 0.15) is 15.6 Å². The van der Waals surface area contributed by atoms with Crippen LogP contribution < -0.4 is 9.62 Å². The predicted molar refractivity (Wildman–Crippen MR) is 114 cm³/mol. The smallest absolute Gasteiger partial charge is 0.263 e. The molecule has 1 aromatic carbocycles. The zero-order valence-electron chi connectivity index (χ0n) is 16.3. The number of anilines is 2. The van der Waals surface area contributed by atoms with Gasteiger partial charge in [0.2, 0.25) is 0 Å². The van der Waals surface area contributed by atoms with Gasteiger partial charge in [-0.15, -0.1) is 20.4 Å². The first-order valence-electron chi connectivity index (χ1n) is 8.96. The van der Waals surface area contributed by atoms with Crippen LogP contribution in [0.15, 0.2) is 57.8 Å². The van der Waals surface area contributed by atoms with Crippen LogP contribution in [0.2, 0.25) is 0 Å². The lowest BCUT2D eigenvalue weighted by Crippen LogP contribution is -2.22. The van der Waals surface area contributed by atoms with Gasteiger partial charge in [-0.1, -0.05) is 11.3 Å². The Morgan fingerprint density at radius 2 is 1.93 bits per heavy atom. The van der Waals surface area contributed by atoms with Crippen molar-refractivity contribution in [3.8, 4) is 0 Å². The third-order valence-corrected chi connectivity index (χ3v) is 6.13. The molecule has 0 amide bonds. The van der Waals surface area contributed by atoms with Crippen LogP contribution in [0.25, 0.3) is 0 Å². The Kier molecular flexibility index (Phi) is 6.49. The molecule has 0 radical (unpaired) electrons. The molecule has 0 atom stereocenters. The highest BCUT2D eigenvalue weighted by Crippen LogP contribution is 2.33. The topological polar surface area (TPSA) is 113 Å². The van der Waals surface area contributed by atoms with E-state index in [9.17, 15) is 8.42 Å². The van der Waals surface area contributed by atoms with Crippen LogP contribution in [0.3, 0.4) is 0 Å². The number of aryl methyl sites for hydroxylation is 1. The maximum absolute atomic E-state index is 12.8. The minimum absolute atomic E-state index is 0.0656. The largest absolute Gasteiger partial charge is 0.372 e. The lowest BCUT2D eigenvalue weighted by Gasteiger charge is -2.22. The van der Waals surface area contributed by atoms with Crippen molar-refractivity contribution in [1.82, 2.24) is 15.2 Å². The first-order chi connectivity index (χ1) is 13.9. The summed E-state index contributed by atoms with van der Waals surface area (Å²) in [5.74, 6) is 0. The van der Waals surface area contributed by atoms with E-state index >= 15 is 0 Å². The van der Waals surface area contributed by atoms with Crippen molar-refractivity contribution in [1.29, 1.82) is 0 Å². The molecule has 0 aliphatic heterocycles. The fourth-order valence-electron chi connectivity index (χ4n) is 2.61. The number of rotatable bonds is 8. The minimum atomic E-state index is -3.83. The Balaban J connectivity index is 2.00. The highest BCUT2D eigenvalue weighted by Gasteiger charge is 2.17. The number of sulfonamides is 1. The van der Waals surface area contributed by atoms with Crippen molar-refractivity contribution < 1.29 is 8.42 Å². The third kappa shape index (κ3) is 5.12. The molecule has 9 nitrogen and oxygen atoms in total. The average Bonchev–Trinajstić information content (AvgIpc) is 3.14. The molecule has 0 aliphatic rings. The summed E-state index contributed by atoms with van der Waals surface area (Å²) in [7, 11) is -3.83. The van der Waals surface area contributed by atoms with Crippen LogP contribution in [-0.2, 0) is 10.0 Å². The van der Waals surface area contributed by atoms with E-state index in [1.807, 2.05) is 26.8 Å². The third-order valence-electron chi connectivity index (χ3n) is 4.06. The molecule has 3 rings (SSSR count). The van der Waals surface area contributed by atoms with E-state index in [1.54, 1.807) is 18.2 Å². The quantitative estimate of drug-likeness (QED) is 0.532. The minimum Gasteiger partial charge on any atom is -0.372 e. The normalized spacial score (nSPS) is 11.7. The number of nitrogens with zero attached hydrogens (tertiary/aromatic N) is 6. The summed E-state index contributed by atoms with van der Waals surface area (Å²) >= 11 is 1.30. The van der Waals surface area contributed by atoms with E-state index in [0.717, 1.165) is 23.8 Å². The molecule has 3 aromatic rings. The summed E-state index contributed by atoms with van der Waals surface area (Å²) in [6.07, 6.45) is 2.81. The Bertz CT molecular complexity index is 1090. The van der Waals surface area contributed by atoms with Crippen LogP contribution in [0, 0.1) is 6.92 Å². The van der Waals surface area contributed by atoms with E-state index < -0.39 is 10.0 Å². The van der Waals surface area contributed by atoms with Crippen molar-refractivity contribution in [2.75, 3.05) is 22.7 Å². The maximum atomic E-state index is 12.8. The molecule has 152 valence electrons. The number of hydrogen-bond acceptors (Lipinski definition) is 9. The Morgan fingerprint density at radius 1 is 1.14 bits per heavy atom. The Morgan fingerprint density at radius 3 is 2.55 bits per heavy atom. The Labute approximate surface area is 173 Å². The van der Waals surface area contributed by atoms with Crippen molar-refractivity contribution in [2.45, 2.75) is 25.7 Å². The summed E-state index contributed by atoms with van der Waals surface area (Å²) in [5, 5.41) is 17.3. The van der Waals surface area contributed by atoms with Gasteiger partial charge < -0.3 is 4.90 Å². The average molecular weight is 432 g/mol. The summed E-state index contributed by atoms with van der Waals surface area (Å²) in [4.78, 5) is 6.06. The lowest BCUT2D eigenvalue weighted by atomic mass is 10.2. The molecule has 29 heavy (non-hydrogen) atoms. The molecule has 0 aliphatic carbocycles. The number of azo groups is 1.